The molecule has 1 atom stereocenters. The Morgan fingerprint density at radius 2 is 1.82 bits per heavy atom. The number of hydrazone groups is 1. The Bertz CT molecular complexity index is 1020. The molecule has 150 valence electrons. The number of nitrogens with zero attached hydrogens (tertiary/aromatic N) is 2. The zero-order valence-electron chi connectivity index (χ0n) is 14.4. The Balaban J connectivity index is 2.03. The van der Waals surface area contributed by atoms with Crippen molar-refractivity contribution in [1.29, 1.82) is 0 Å². The van der Waals surface area contributed by atoms with Gasteiger partial charge in [0.1, 0.15) is 5.71 Å². The number of benzene rings is 2. The maximum absolute atomic E-state index is 14.1. The van der Waals surface area contributed by atoms with E-state index < -0.39 is 40.2 Å². The van der Waals surface area contributed by atoms with Gasteiger partial charge in [-0.05, 0) is 42.0 Å². The molecular weight excluding hydrogens is 402 g/mol. The van der Waals surface area contributed by atoms with Gasteiger partial charge < -0.3 is 4.74 Å². The zero-order chi connectivity index (χ0) is 20.7. The molecule has 0 saturated heterocycles. The maximum atomic E-state index is 14.1. The van der Waals surface area contributed by atoms with Gasteiger partial charge in [-0.1, -0.05) is 6.07 Å². The number of methoxy groups -OCH3 is 1. The zero-order valence-corrected chi connectivity index (χ0v) is 15.3. The fraction of sp³-hybridized carbons (Fsp3) is 0.235. The largest absolute Gasteiger partial charge is 0.494 e. The fourth-order valence-electron chi connectivity index (χ4n) is 2.86. The molecule has 2 aromatic carbocycles. The number of nitrogens with two attached hydrogens (primary N) is 1. The second-order valence-corrected chi connectivity index (χ2v) is 7.60. The van der Waals surface area contributed by atoms with Gasteiger partial charge in [0.15, 0.2) is 11.6 Å². The van der Waals surface area contributed by atoms with Crippen molar-refractivity contribution in [1.82, 2.24) is 0 Å². The first kappa shape index (κ1) is 20.1. The Morgan fingerprint density at radius 3 is 2.32 bits per heavy atom. The van der Waals surface area contributed by atoms with Gasteiger partial charge in [-0.25, -0.2) is 17.9 Å². The van der Waals surface area contributed by atoms with E-state index in [9.17, 15) is 26.0 Å². The van der Waals surface area contributed by atoms with E-state index in [1.165, 1.54) is 31.4 Å². The van der Waals surface area contributed by atoms with E-state index in [0.29, 0.717) is 0 Å². The normalized spacial score (nSPS) is 17.6. The summed E-state index contributed by atoms with van der Waals surface area (Å²) >= 11 is 0. The molecule has 0 spiro atoms. The number of hydrogen-bond donors (Lipinski definition) is 1. The lowest BCUT2D eigenvalue weighted by Gasteiger charge is -2.24. The van der Waals surface area contributed by atoms with E-state index in [-0.39, 0.29) is 21.9 Å². The van der Waals surface area contributed by atoms with Gasteiger partial charge >= 0.3 is 6.18 Å². The Labute approximate surface area is 158 Å². The highest BCUT2D eigenvalue weighted by Crippen LogP contribution is 2.40. The molecule has 2 N–H and O–H groups in total. The summed E-state index contributed by atoms with van der Waals surface area (Å²) in [4.78, 5) is -0.192. The minimum atomic E-state index is -4.65. The molecule has 3 rings (SSSR count). The van der Waals surface area contributed by atoms with Crippen LogP contribution >= 0.6 is 0 Å². The van der Waals surface area contributed by atoms with Gasteiger partial charge in [-0.2, -0.15) is 18.3 Å². The van der Waals surface area contributed by atoms with E-state index in [2.05, 4.69) is 5.10 Å². The third kappa shape index (κ3) is 3.94. The Morgan fingerprint density at radius 1 is 1.18 bits per heavy atom. The second-order valence-electron chi connectivity index (χ2n) is 6.04. The topological polar surface area (TPSA) is 85.0 Å². The second kappa shape index (κ2) is 7.06. The first-order valence-electron chi connectivity index (χ1n) is 7.91. The maximum Gasteiger partial charge on any atom is 0.431 e. The summed E-state index contributed by atoms with van der Waals surface area (Å²) < 4.78 is 81.3. The molecule has 0 bridgehead atoms. The Kier molecular flexibility index (Phi) is 5.06. The van der Waals surface area contributed by atoms with E-state index in [4.69, 9.17) is 9.88 Å². The van der Waals surface area contributed by atoms with Crippen LogP contribution in [-0.4, -0.2) is 27.4 Å². The summed E-state index contributed by atoms with van der Waals surface area (Å²) in [5, 5.41) is 9.75. The van der Waals surface area contributed by atoms with E-state index >= 15 is 0 Å². The molecule has 1 heterocycles. The molecule has 0 amide bonds. The van der Waals surface area contributed by atoms with Crippen LogP contribution in [0.1, 0.15) is 18.0 Å². The fourth-order valence-corrected chi connectivity index (χ4v) is 3.37. The van der Waals surface area contributed by atoms with Gasteiger partial charge in [0.2, 0.25) is 10.0 Å². The van der Waals surface area contributed by atoms with Gasteiger partial charge in [0.25, 0.3) is 0 Å². The average Bonchev–Trinajstić information content (AvgIpc) is 3.07. The van der Waals surface area contributed by atoms with Crippen LogP contribution in [0.25, 0.3) is 0 Å². The summed E-state index contributed by atoms with van der Waals surface area (Å²) in [6.45, 7) is 0. The molecule has 0 aromatic heterocycles. The average molecular weight is 417 g/mol. The molecule has 1 unspecified atom stereocenters. The summed E-state index contributed by atoms with van der Waals surface area (Å²) in [7, 11) is -2.68. The number of sulfonamides is 1. The van der Waals surface area contributed by atoms with Crippen molar-refractivity contribution in [3.8, 4) is 5.75 Å². The highest BCUT2D eigenvalue weighted by Gasteiger charge is 2.43. The highest BCUT2D eigenvalue weighted by atomic mass is 32.2. The third-order valence-corrected chi connectivity index (χ3v) is 5.16. The van der Waals surface area contributed by atoms with Gasteiger partial charge in [-0.3, -0.25) is 5.01 Å². The molecule has 11 heteroatoms. The predicted octanol–water partition coefficient (Wildman–Crippen LogP) is 3.35. The summed E-state index contributed by atoms with van der Waals surface area (Å²) in [5.41, 5.74) is -0.561. The lowest BCUT2D eigenvalue weighted by atomic mass is 10.0. The van der Waals surface area contributed by atoms with E-state index in [0.717, 1.165) is 23.2 Å². The number of hydrogen-bond acceptors (Lipinski definition) is 5. The van der Waals surface area contributed by atoms with Crippen LogP contribution in [0.5, 0.6) is 5.75 Å². The summed E-state index contributed by atoms with van der Waals surface area (Å²) in [5.74, 6) is -0.757. The van der Waals surface area contributed by atoms with Crippen molar-refractivity contribution in [2.75, 3.05) is 12.1 Å². The molecule has 0 aliphatic carbocycles. The predicted molar refractivity (Wildman–Crippen MR) is 94.1 cm³/mol. The van der Waals surface area contributed by atoms with Crippen molar-refractivity contribution in [3.05, 3.63) is 53.8 Å². The number of anilines is 1. The molecular formula is C17H15F4N3O3S. The van der Waals surface area contributed by atoms with Crippen molar-refractivity contribution in [3.63, 3.8) is 0 Å². The Hall–Kier alpha value is -2.66. The number of halogens is 4. The molecule has 28 heavy (non-hydrogen) atoms. The summed E-state index contributed by atoms with van der Waals surface area (Å²) in [6, 6.07) is 7.83. The van der Waals surface area contributed by atoms with Crippen LogP contribution in [-0.2, 0) is 10.0 Å². The highest BCUT2D eigenvalue weighted by molar-refractivity contribution is 7.89. The van der Waals surface area contributed by atoms with Gasteiger partial charge in [0.05, 0.1) is 23.7 Å². The first-order chi connectivity index (χ1) is 13.0. The van der Waals surface area contributed by atoms with Crippen LogP contribution in [0.3, 0.4) is 0 Å². The molecule has 2 aromatic rings. The molecule has 6 nitrogen and oxygen atoms in total. The summed E-state index contributed by atoms with van der Waals surface area (Å²) in [6.07, 6.45) is -5.15. The van der Waals surface area contributed by atoms with Crippen LogP contribution in [0.15, 0.2) is 52.5 Å². The van der Waals surface area contributed by atoms with Crippen LogP contribution < -0.4 is 14.9 Å². The molecule has 1 aliphatic heterocycles. The van der Waals surface area contributed by atoms with Crippen molar-refractivity contribution in [2.24, 2.45) is 10.2 Å². The third-order valence-electron chi connectivity index (χ3n) is 4.23. The molecule has 0 radical (unpaired) electrons. The van der Waals surface area contributed by atoms with E-state index in [1.54, 1.807) is 0 Å². The van der Waals surface area contributed by atoms with Crippen LogP contribution in [0.4, 0.5) is 23.2 Å². The quantitative estimate of drug-likeness (QED) is 0.774. The van der Waals surface area contributed by atoms with Crippen LogP contribution in [0, 0.1) is 5.82 Å². The van der Waals surface area contributed by atoms with Gasteiger partial charge in [0, 0.05) is 6.42 Å². The van der Waals surface area contributed by atoms with Gasteiger partial charge in [-0.15, -0.1) is 0 Å². The smallest absolute Gasteiger partial charge is 0.431 e. The van der Waals surface area contributed by atoms with Crippen molar-refractivity contribution >= 4 is 21.4 Å². The van der Waals surface area contributed by atoms with E-state index in [1.807, 2.05) is 0 Å². The standard InChI is InChI=1S/C17H15F4N3O3S/c1-27-15-7-2-10(8-13(15)18)14-9-16(17(19,20)21)23-24(14)11-3-5-12(6-4-11)28(22,25)26/h2-8,14H,9H2,1H3,(H2,22,25,26). The first-order valence-corrected chi connectivity index (χ1v) is 9.45. The number of rotatable bonds is 4. The molecule has 0 fully saturated rings. The number of primary sulfonamides is 1. The number of alkyl halides is 3. The SMILES string of the molecule is COc1ccc(C2CC(C(F)(F)F)=NN2c2ccc(S(N)(=O)=O)cc2)cc1F. The van der Waals surface area contributed by atoms with Crippen LogP contribution in [0.2, 0.25) is 0 Å². The molecule has 0 saturated carbocycles. The molecule has 1 aliphatic rings. The van der Waals surface area contributed by atoms with Crippen molar-refractivity contribution in [2.45, 2.75) is 23.5 Å². The lowest BCUT2D eigenvalue weighted by molar-refractivity contribution is -0.0600. The number of ether oxygens (including phenoxy) is 1. The lowest BCUT2D eigenvalue weighted by Crippen LogP contribution is -2.21. The minimum Gasteiger partial charge on any atom is -0.494 e. The minimum absolute atomic E-state index is 0.0391. The monoisotopic (exact) mass is 417 g/mol. The van der Waals surface area contributed by atoms with Crippen molar-refractivity contribution < 1.29 is 30.7 Å².